The predicted octanol–water partition coefficient (Wildman–Crippen LogP) is 2.50. The lowest BCUT2D eigenvalue weighted by Crippen LogP contribution is -2.68. The molecular weight excluding hydrogens is 389 g/mol. The molecule has 9 heteroatoms. The summed E-state index contributed by atoms with van der Waals surface area (Å²) in [7, 11) is 0. The number of nitrogens with two attached hydrogens (primary N) is 1. The van der Waals surface area contributed by atoms with Crippen LogP contribution in [0.2, 0.25) is 0 Å². The van der Waals surface area contributed by atoms with Crippen molar-refractivity contribution in [3.05, 3.63) is 35.8 Å². The molecule has 3 aliphatic rings. The molecule has 0 radical (unpaired) electrons. The van der Waals surface area contributed by atoms with Crippen molar-refractivity contribution in [2.24, 2.45) is 11.3 Å². The zero-order chi connectivity index (χ0) is 21.7. The number of imidazole rings is 1. The standard InChI is InChI=1S/C21H28FN5O3/c1-19(2,3)30-18(29)27(13-20-10-21(22,11-20)12-20)8-14-4-5-16-24-15(6-17(28)25-23)9-26(16)7-14/h4-5,7,9H,6,8,10-13,23H2,1-3H3,(H,25,28). The number of aromatic nitrogens is 2. The number of hydrogen-bond donors (Lipinski definition) is 2. The number of hydrogen-bond acceptors (Lipinski definition) is 5. The second kappa shape index (κ2) is 6.94. The third-order valence-electron chi connectivity index (χ3n) is 5.69. The summed E-state index contributed by atoms with van der Waals surface area (Å²) in [6.07, 6.45) is 4.89. The largest absolute Gasteiger partial charge is 0.444 e. The lowest BCUT2D eigenvalue weighted by Gasteiger charge is -2.66. The molecule has 2 bridgehead atoms. The van der Waals surface area contributed by atoms with Crippen LogP contribution in [0.15, 0.2) is 24.5 Å². The Balaban J connectivity index is 1.51. The first-order valence-corrected chi connectivity index (χ1v) is 10.1. The van der Waals surface area contributed by atoms with Gasteiger partial charge in [0.25, 0.3) is 0 Å². The lowest BCUT2D eigenvalue weighted by molar-refractivity contribution is -0.220. The maximum absolute atomic E-state index is 14.0. The molecule has 0 spiro atoms. The van der Waals surface area contributed by atoms with E-state index in [4.69, 9.17) is 10.6 Å². The van der Waals surface area contributed by atoms with Crippen LogP contribution in [0.25, 0.3) is 5.65 Å². The van der Waals surface area contributed by atoms with Crippen molar-refractivity contribution < 1.29 is 18.7 Å². The molecule has 0 saturated heterocycles. The molecule has 0 unspecified atom stereocenters. The molecule has 2 aromatic rings. The van der Waals surface area contributed by atoms with Crippen LogP contribution in [-0.4, -0.2) is 44.1 Å². The molecule has 162 valence electrons. The number of fused-ring (bicyclic) bond motifs is 1. The molecule has 3 aliphatic carbocycles. The van der Waals surface area contributed by atoms with Gasteiger partial charge in [0.15, 0.2) is 0 Å². The van der Waals surface area contributed by atoms with E-state index in [1.54, 1.807) is 11.1 Å². The highest BCUT2D eigenvalue weighted by atomic mass is 19.1. The Morgan fingerprint density at radius 1 is 1.30 bits per heavy atom. The van der Waals surface area contributed by atoms with Crippen LogP contribution in [0.1, 0.15) is 51.3 Å². The summed E-state index contributed by atoms with van der Waals surface area (Å²) in [5.41, 5.74) is 2.54. The number of nitrogens with zero attached hydrogens (tertiary/aromatic N) is 3. The molecule has 3 fully saturated rings. The van der Waals surface area contributed by atoms with Crippen molar-refractivity contribution in [3.8, 4) is 0 Å². The first-order chi connectivity index (χ1) is 14.0. The molecule has 5 rings (SSSR count). The van der Waals surface area contributed by atoms with Gasteiger partial charge >= 0.3 is 6.09 Å². The average Bonchev–Trinajstić information content (AvgIpc) is 2.98. The summed E-state index contributed by atoms with van der Waals surface area (Å²) in [4.78, 5) is 30.4. The highest BCUT2D eigenvalue weighted by Gasteiger charge is 2.69. The second-order valence-corrected chi connectivity index (χ2v) is 9.80. The van der Waals surface area contributed by atoms with Gasteiger partial charge in [-0.25, -0.2) is 20.0 Å². The number of nitrogens with one attached hydrogen (secondary N) is 1. The van der Waals surface area contributed by atoms with Gasteiger partial charge in [-0.2, -0.15) is 0 Å². The topological polar surface area (TPSA) is 102 Å². The smallest absolute Gasteiger partial charge is 0.410 e. The molecule has 2 aromatic heterocycles. The fraction of sp³-hybridized carbons (Fsp3) is 0.571. The van der Waals surface area contributed by atoms with Gasteiger partial charge in [0.1, 0.15) is 16.9 Å². The molecule has 2 heterocycles. The fourth-order valence-electron chi connectivity index (χ4n) is 4.65. The average molecular weight is 417 g/mol. The molecule has 3 N–H and O–H groups in total. The van der Waals surface area contributed by atoms with Crippen LogP contribution in [0.5, 0.6) is 0 Å². The number of halogens is 1. The maximum Gasteiger partial charge on any atom is 0.410 e. The highest BCUT2D eigenvalue weighted by Crippen LogP contribution is 2.69. The molecular formula is C21H28FN5O3. The van der Waals surface area contributed by atoms with E-state index >= 15 is 0 Å². The summed E-state index contributed by atoms with van der Waals surface area (Å²) < 4.78 is 21.4. The van der Waals surface area contributed by atoms with Gasteiger partial charge in [0.05, 0.1) is 18.7 Å². The predicted molar refractivity (Wildman–Crippen MR) is 108 cm³/mol. The molecule has 2 amide bonds. The summed E-state index contributed by atoms with van der Waals surface area (Å²) in [5, 5.41) is 0. The van der Waals surface area contributed by atoms with Crippen LogP contribution in [0.4, 0.5) is 9.18 Å². The van der Waals surface area contributed by atoms with E-state index in [1.807, 2.05) is 43.5 Å². The van der Waals surface area contributed by atoms with Gasteiger partial charge in [-0.05, 0) is 57.1 Å². The highest BCUT2D eigenvalue weighted by molar-refractivity contribution is 5.77. The number of carbonyl (C=O) groups excluding carboxylic acids is 2. The maximum atomic E-state index is 14.0. The van der Waals surface area contributed by atoms with Crippen molar-refractivity contribution in [3.63, 3.8) is 0 Å². The minimum atomic E-state index is -1.01. The molecule has 8 nitrogen and oxygen atoms in total. The van der Waals surface area contributed by atoms with Crippen LogP contribution in [0, 0.1) is 5.41 Å². The van der Waals surface area contributed by atoms with E-state index in [0.717, 1.165) is 5.56 Å². The molecule has 0 aliphatic heterocycles. The van der Waals surface area contributed by atoms with E-state index in [2.05, 4.69) is 10.4 Å². The van der Waals surface area contributed by atoms with Crippen molar-refractivity contribution in [2.45, 2.75) is 64.3 Å². The van der Waals surface area contributed by atoms with Crippen molar-refractivity contribution >= 4 is 17.6 Å². The number of pyridine rings is 1. The van der Waals surface area contributed by atoms with Gasteiger partial charge < -0.3 is 14.0 Å². The van der Waals surface area contributed by atoms with Crippen LogP contribution in [-0.2, 0) is 22.5 Å². The number of ether oxygens (including phenoxy) is 1. The van der Waals surface area contributed by atoms with Gasteiger partial charge in [-0.1, -0.05) is 6.07 Å². The zero-order valence-electron chi connectivity index (χ0n) is 17.6. The van der Waals surface area contributed by atoms with E-state index in [9.17, 15) is 14.0 Å². The summed E-state index contributed by atoms with van der Waals surface area (Å²) in [6.45, 7) is 6.33. The van der Waals surface area contributed by atoms with Crippen LogP contribution >= 0.6 is 0 Å². The SMILES string of the molecule is CC(C)(C)OC(=O)N(Cc1ccc2nc(CC(=O)NN)cn2c1)CC12CC(F)(C1)C2. The van der Waals surface area contributed by atoms with Crippen molar-refractivity contribution in [1.29, 1.82) is 0 Å². The lowest BCUT2D eigenvalue weighted by atomic mass is 9.42. The Morgan fingerprint density at radius 3 is 2.60 bits per heavy atom. The van der Waals surface area contributed by atoms with Crippen molar-refractivity contribution in [1.82, 2.24) is 19.7 Å². The molecule has 0 atom stereocenters. The van der Waals surface area contributed by atoms with Crippen LogP contribution in [0.3, 0.4) is 0 Å². The summed E-state index contributed by atoms with van der Waals surface area (Å²) in [6, 6.07) is 3.73. The first kappa shape index (κ1) is 20.6. The number of amides is 2. The minimum absolute atomic E-state index is 0.0883. The second-order valence-electron chi connectivity index (χ2n) is 9.80. The summed E-state index contributed by atoms with van der Waals surface area (Å²) in [5.74, 6) is 4.82. The van der Waals surface area contributed by atoms with E-state index in [1.165, 1.54) is 0 Å². The Hall–Kier alpha value is -2.68. The monoisotopic (exact) mass is 417 g/mol. The Labute approximate surface area is 174 Å². The molecule has 0 aromatic carbocycles. The number of hydrazine groups is 1. The number of alkyl halides is 1. The Kier molecular flexibility index (Phi) is 4.76. The first-order valence-electron chi connectivity index (χ1n) is 10.1. The van der Waals surface area contributed by atoms with E-state index < -0.39 is 17.4 Å². The molecule has 3 saturated carbocycles. The van der Waals surface area contributed by atoms with Crippen LogP contribution < -0.4 is 11.3 Å². The zero-order valence-corrected chi connectivity index (χ0v) is 17.6. The normalized spacial score (nSPS) is 24.7. The fourth-order valence-corrected chi connectivity index (χ4v) is 4.65. The van der Waals surface area contributed by atoms with Gasteiger partial charge in [0.2, 0.25) is 5.91 Å². The minimum Gasteiger partial charge on any atom is -0.444 e. The van der Waals surface area contributed by atoms with E-state index in [-0.39, 0.29) is 17.7 Å². The summed E-state index contributed by atoms with van der Waals surface area (Å²) >= 11 is 0. The Bertz CT molecular complexity index is 976. The van der Waals surface area contributed by atoms with E-state index in [0.29, 0.717) is 43.7 Å². The quantitative estimate of drug-likeness (QED) is 0.427. The number of carbonyl (C=O) groups is 2. The number of rotatable bonds is 6. The Morgan fingerprint density at radius 2 is 2.00 bits per heavy atom. The molecule has 30 heavy (non-hydrogen) atoms. The van der Waals surface area contributed by atoms with Crippen molar-refractivity contribution in [2.75, 3.05) is 6.54 Å². The van der Waals surface area contributed by atoms with Gasteiger partial charge in [-0.3, -0.25) is 10.2 Å². The third kappa shape index (κ3) is 4.12. The third-order valence-corrected chi connectivity index (χ3v) is 5.69. The van der Waals surface area contributed by atoms with Gasteiger partial charge in [-0.15, -0.1) is 0 Å². The van der Waals surface area contributed by atoms with Gasteiger partial charge in [0, 0.05) is 18.9 Å².